The molecule has 2 N–H and O–H groups in total. The molecule has 0 saturated carbocycles. The number of anilines is 1. The highest BCUT2D eigenvalue weighted by Crippen LogP contribution is 2.32. The van der Waals surface area contributed by atoms with Crippen LogP contribution in [0.2, 0.25) is 0 Å². The molecule has 0 heterocycles. The highest BCUT2D eigenvalue weighted by molar-refractivity contribution is 8.00. The van der Waals surface area contributed by atoms with Crippen LogP contribution >= 0.6 is 11.8 Å². The van der Waals surface area contributed by atoms with Gasteiger partial charge in [-0.25, -0.2) is 8.42 Å². The number of para-hydroxylation sites is 1. The topological polar surface area (TPSA) is 58.2 Å². The van der Waals surface area contributed by atoms with E-state index in [-0.39, 0.29) is 10.6 Å². The van der Waals surface area contributed by atoms with E-state index in [1.807, 2.05) is 6.92 Å². The van der Waals surface area contributed by atoms with Crippen molar-refractivity contribution < 1.29 is 17.2 Å². The predicted molar refractivity (Wildman–Crippen MR) is 78.9 cm³/mol. The van der Waals surface area contributed by atoms with Crippen molar-refractivity contribution in [1.29, 1.82) is 0 Å². The van der Waals surface area contributed by atoms with Crippen LogP contribution in [0.1, 0.15) is 13.8 Å². The van der Waals surface area contributed by atoms with Gasteiger partial charge in [-0.1, -0.05) is 30.8 Å². The first-order valence-corrected chi connectivity index (χ1v) is 8.55. The first kappa shape index (κ1) is 17.2. The van der Waals surface area contributed by atoms with Gasteiger partial charge in [0.2, 0.25) is 10.0 Å². The number of hydrogen-bond donors (Lipinski definition) is 2. The normalized spacial score (nSPS) is 13.4. The van der Waals surface area contributed by atoms with Crippen LogP contribution in [0.25, 0.3) is 0 Å². The smallest absolute Gasteiger partial charge is 0.288 e. The van der Waals surface area contributed by atoms with Crippen molar-refractivity contribution in [2.24, 2.45) is 0 Å². The molecule has 114 valence electrons. The summed E-state index contributed by atoms with van der Waals surface area (Å²) in [5.41, 5.74) is 0.182. The van der Waals surface area contributed by atoms with Gasteiger partial charge < -0.3 is 5.32 Å². The molecule has 1 aromatic carbocycles. The maximum Gasteiger partial charge on any atom is 0.288 e. The molecule has 0 saturated heterocycles. The predicted octanol–water partition coefficient (Wildman–Crippen LogP) is 2.74. The van der Waals surface area contributed by atoms with E-state index < -0.39 is 21.0 Å². The minimum absolute atomic E-state index is 0.182. The lowest BCUT2D eigenvalue weighted by Gasteiger charge is -2.16. The number of alkyl halides is 2. The lowest BCUT2D eigenvalue weighted by molar-refractivity contribution is 0.252. The van der Waals surface area contributed by atoms with Gasteiger partial charge in [0.15, 0.2) is 0 Å². The van der Waals surface area contributed by atoms with E-state index in [0.29, 0.717) is 24.9 Å². The molecule has 0 radical (unpaired) electrons. The van der Waals surface area contributed by atoms with Gasteiger partial charge in [0, 0.05) is 11.4 Å². The third kappa shape index (κ3) is 5.26. The van der Waals surface area contributed by atoms with Crippen LogP contribution in [-0.4, -0.2) is 32.5 Å². The zero-order valence-electron chi connectivity index (χ0n) is 11.3. The molecular weight excluding hydrogens is 306 g/mol. The lowest BCUT2D eigenvalue weighted by Crippen LogP contribution is -2.34. The number of nitrogens with one attached hydrogen (secondary N) is 2. The highest BCUT2D eigenvalue weighted by Gasteiger charge is 2.21. The van der Waals surface area contributed by atoms with Crippen molar-refractivity contribution >= 4 is 27.5 Å². The molecule has 0 aliphatic rings. The highest BCUT2D eigenvalue weighted by atomic mass is 32.2. The van der Waals surface area contributed by atoms with Crippen molar-refractivity contribution in [1.82, 2.24) is 5.32 Å². The van der Waals surface area contributed by atoms with Crippen LogP contribution in [0.5, 0.6) is 0 Å². The molecule has 0 aromatic heterocycles. The van der Waals surface area contributed by atoms with Gasteiger partial charge in [0.05, 0.1) is 10.9 Å². The fourth-order valence-corrected chi connectivity index (χ4v) is 3.14. The van der Waals surface area contributed by atoms with E-state index in [1.54, 1.807) is 19.1 Å². The number of sulfonamides is 1. The van der Waals surface area contributed by atoms with Crippen molar-refractivity contribution in [2.75, 3.05) is 17.8 Å². The largest absolute Gasteiger partial charge is 0.316 e. The van der Waals surface area contributed by atoms with E-state index in [1.165, 1.54) is 12.1 Å². The van der Waals surface area contributed by atoms with Gasteiger partial charge >= 0.3 is 0 Å². The molecule has 0 amide bonds. The Kier molecular flexibility index (Phi) is 6.70. The first-order chi connectivity index (χ1) is 9.36. The summed E-state index contributed by atoms with van der Waals surface area (Å²) >= 11 is 0.319. The Balaban J connectivity index is 2.86. The Morgan fingerprint density at radius 1 is 1.30 bits per heavy atom. The molecule has 0 bridgehead atoms. The molecule has 1 rings (SSSR count). The minimum atomic E-state index is -3.61. The second-order valence-corrected chi connectivity index (χ2v) is 7.27. The van der Waals surface area contributed by atoms with Crippen LogP contribution in [0, 0.1) is 0 Å². The van der Waals surface area contributed by atoms with Gasteiger partial charge in [-0.15, -0.1) is 0 Å². The summed E-state index contributed by atoms with van der Waals surface area (Å²) in [7, 11) is -3.61. The number of halogens is 2. The molecular formula is C12H18F2N2O2S2. The van der Waals surface area contributed by atoms with Crippen molar-refractivity contribution in [3.05, 3.63) is 24.3 Å². The van der Waals surface area contributed by atoms with Crippen LogP contribution < -0.4 is 10.0 Å². The quantitative estimate of drug-likeness (QED) is 0.722. The summed E-state index contributed by atoms with van der Waals surface area (Å²) in [6, 6.07) is 6.12. The molecule has 0 fully saturated rings. The molecule has 1 unspecified atom stereocenters. The Labute approximate surface area is 122 Å². The SMILES string of the molecule is CCNCC(C)S(=O)(=O)Nc1ccccc1SC(F)F. The average Bonchev–Trinajstić information content (AvgIpc) is 2.37. The number of rotatable bonds is 8. The van der Waals surface area contributed by atoms with E-state index in [9.17, 15) is 17.2 Å². The van der Waals surface area contributed by atoms with Crippen molar-refractivity contribution in [3.63, 3.8) is 0 Å². The second kappa shape index (κ2) is 7.80. The average molecular weight is 324 g/mol. The van der Waals surface area contributed by atoms with Gasteiger partial charge in [-0.05, 0) is 25.6 Å². The third-order valence-electron chi connectivity index (χ3n) is 2.57. The number of benzene rings is 1. The van der Waals surface area contributed by atoms with Gasteiger partial charge in [-0.2, -0.15) is 8.78 Å². The van der Waals surface area contributed by atoms with E-state index >= 15 is 0 Å². The molecule has 0 aliphatic carbocycles. The fraction of sp³-hybridized carbons (Fsp3) is 0.500. The number of thioether (sulfide) groups is 1. The summed E-state index contributed by atoms with van der Waals surface area (Å²) in [5, 5.41) is 2.28. The number of hydrogen-bond acceptors (Lipinski definition) is 4. The van der Waals surface area contributed by atoms with Crippen LogP contribution in [0.15, 0.2) is 29.2 Å². The van der Waals surface area contributed by atoms with Crippen LogP contribution in [-0.2, 0) is 10.0 Å². The Morgan fingerprint density at radius 3 is 2.55 bits per heavy atom. The summed E-state index contributed by atoms with van der Waals surface area (Å²) in [4.78, 5) is 0.210. The first-order valence-electron chi connectivity index (χ1n) is 6.13. The van der Waals surface area contributed by atoms with Crippen molar-refractivity contribution in [3.8, 4) is 0 Å². The standard InChI is InChI=1S/C12H18F2N2O2S2/c1-3-15-8-9(2)20(17,18)16-10-6-4-5-7-11(10)19-12(13)14/h4-7,9,12,15-16H,3,8H2,1-2H3. The molecule has 0 aliphatic heterocycles. The minimum Gasteiger partial charge on any atom is -0.316 e. The molecule has 20 heavy (non-hydrogen) atoms. The van der Waals surface area contributed by atoms with E-state index in [4.69, 9.17) is 0 Å². The zero-order valence-corrected chi connectivity index (χ0v) is 12.9. The van der Waals surface area contributed by atoms with Gasteiger partial charge in [0.25, 0.3) is 5.76 Å². The fourth-order valence-electron chi connectivity index (χ4n) is 1.46. The monoisotopic (exact) mass is 324 g/mol. The maximum atomic E-state index is 12.4. The molecule has 0 spiro atoms. The zero-order chi connectivity index (χ0) is 15.2. The molecule has 4 nitrogen and oxygen atoms in total. The summed E-state index contributed by atoms with van der Waals surface area (Å²) in [6.45, 7) is 4.41. The van der Waals surface area contributed by atoms with Crippen LogP contribution in [0.3, 0.4) is 0 Å². The summed E-state index contributed by atoms with van der Waals surface area (Å²) in [5.74, 6) is -2.60. The Bertz CT molecular complexity index is 524. The van der Waals surface area contributed by atoms with E-state index in [2.05, 4.69) is 10.0 Å². The second-order valence-electron chi connectivity index (χ2n) is 4.14. The van der Waals surface area contributed by atoms with Crippen LogP contribution in [0.4, 0.5) is 14.5 Å². The summed E-state index contributed by atoms with van der Waals surface area (Å²) < 4.78 is 51.4. The van der Waals surface area contributed by atoms with E-state index in [0.717, 1.165) is 0 Å². The third-order valence-corrected chi connectivity index (χ3v) is 5.09. The summed E-state index contributed by atoms with van der Waals surface area (Å²) in [6.07, 6.45) is 0. The lowest BCUT2D eigenvalue weighted by atomic mass is 10.3. The van der Waals surface area contributed by atoms with Crippen molar-refractivity contribution in [2.45, 2.75) is 29.8 Å². The van der Waals surface area contributed by atoms with Gasteiger partial charge in [-0.3, -0.25) is 4.72 Å². The molecule has 1 atom stereocenters. The Hall–Kier alpha value is -0.860. The molecule has 1 aromatic rings. The van der Waals surface area contributed by atoms with Gasteiger partial charge in [0.1, 0.15) is 0 Å². The Morgan fingerprint density at radius 2 is 1.95 bits per heavy atom. The molecule has 8 heteroatoms. The maximum absolute atomic E-state index is 12.4.